The Bertz CT molecular complexity index is 694. The molecule has 0 unspecified atom stereocenters. The van der Waals surface area contributed by atoms with Crippen molar-refractivity contribution in [1.82, 2.24) is 5.32 Å². The van der Waals surface area contributed by atoms with Gasteiger partial charge in [-0.2, -0.15) is 0 Å². The summed E-state index contributed by atoms with van der Waals surface area (Å²) in [5.74, 6) is 0.417. The third-order valence-electron chi connectivity index (χ3n) is 2.98. The molecule has 0 saturated carbocycles. The second-order valence-electron chi connectivity index (χ2n) is 6.33. The Hall–Kier alpha value is -2.14. The molecule has 0 aliphatic rings. The fourth-order valence-electron chi connectivity index (χ4n) is 2.05. The van der Waals surface area contributed by atoms with Crippen LogP contribution in [0.25, 0.3) is 0 Å². The molecule has 23 heavy (non-hydrogen) atoms. The minimum absolute atomic E-state index is 0.251. The molecule has 1 atom stereocenters. The van der Waals surface area contributed by atoms with Gasteiger partial charge in [0.2, 0.25) is 0 Å². The van der Waals surface area contributed by atoms with Gasteiger partial charge in [-0.1, -0.05) is 30.3 Å². The highest BCUT2D eigenvalue weighted by atomic mass is 32.2. The van der Waals surface area contributed by atoms with Crippen molar-refractivity contribution in [2.45, 2.75) is 37.0 Å². The SMILES string of the molecule is CC(C)(C)NC(=O)Nc1cccc(C[S@](=O)c2ccccc2)c1. The quantitative estimate of drug-likeness (QED) is 0.893. The van der Waals surface area contributed by atoms with Gasteiger partial charge in [-0.25, -0.2) is 4.79 Å². The van der Waals surface area contributed by atoms with E-state index in [2.05, 4.69) is 10.6 Å². The number of urea groups is 1. The van der Waals surface area contributed by atoms with E-state index in [-0.39, 0.29) is 11.6 Å². The summed E-state index contributed by atoms with van der Waals surface area (Å²) in [5, 5.41) is 5.65. The molecule has 2 N–H and O–H groups in total. The van der Waals surface area contributed by atoms with Crippen LogP contribution >= 0.6 is 0 Å². The van der Waals surface area contributed by atoms with Crippen molar-refractivity contribution >= 4 is 22.5 Å². The van der Waals surface area contributed by atoms with Crippen LogP contribution in [0.5, 0.6) is 0 Å². The molecule has 0 bridgehead atoms. The van der Waals surface area contributed by atoms with Crippen molar-refractivity contribution in [2.24, 2.45) is 0 Å². The van der Waals surface area contributed by atoms with Gasteiger partial charge in [-0.05, 0) is 50.6 Å². The lowest BCUT2D eigenvalue weighted by Gasteiger charge is -2.20. The predicted octanol–water partition coefficient (Wildman–Crippen LogP) is 3.91. The van der Waals surface area contributed by atoms with E-state index in [0.29, 0.717) is 11.4 Å². The standard InChI is InChI=1S/C18H22N2O2S/c1-18(2,3)20-17(21)19-15-9-7-8-14(12-15)13-23(22)16-10-5-4-6-11-16/h4-12H,13H2,1-3H3,(H2,19,20,21)/t23-/m0/s1. The van der Waals surface area contributed by atoms with Crippen molar-refractivity contribution in [3.05, 3.63) is 60.2 Å². The largest absolute Gasteiger partial charge is 0.333 e. The van der Waals surface area contributed by atoms with Gasteiger partial charge < -0.3 is 10.6 Å². The first kappa shape index (κ1) is 17.2. The van der Waals surface area contributed by atoms with Gasteiger partial charge in [0.15, 0.2) is 0 Å². The molecule has 2 aromatic carbocycles. The van der Waals surface area contributed by atoms with Crippen LogP contribution in [-0.4, -0.2) is 15.8 Å². The van der Waals surface area contributed by atoms with E-state index in [4.69, 9.17) is 0 Å². The number of rotatable bonds is 4. The van der Waals surface area contributed by atoms with E-state index < -0.39 is 10.8 Å². The zero-order chi connectivity index (χ0) is 16.9. The second kappa shape index (κ2) is 7.42. The van der Waals surface area contributed by atoms with Crippen LogP contribution in [0, 0.1) is 0 Å². The maximum absolute atomic E-state index is 12.3. The van der Waals surface area contributed by atoms with Crippen LogP contribution in [0.2, 0.25) is 0 Å². The summed E-state index contributed by atoms with van der Waals surface area (Å²) in [6.07, 6.45) is 0. The van der Waals surface area contributed by atoms with Gasteiger partial charge in [-0.3, -0.25) is 4.21 Å². The summed E-state index contributed by atoms with van der Waals surface area (Å²) in [5.41, 5.74) is 1.31. The number of anilines is 1. The summed E-state index contributed by atoms with van der Waals surface area (Å²) >= 11 is 0. The summed E-state index contributed by atoms with van der Waals surface area (Å²) in [4.78, 5) is 12.7. The topological polar surface area (TPSA) is 58.2 Å². The maximum atomic E-state index is 12.3. The molecular weight excluding hydrogens is 308 g/mol. The van der Waals surface area contributed by atoms with E-state index in [0.717, 1.165) is 10.5 Å². The van der Waals surface area contributed by atoms with Crippen molar-refractivity contribution < 1.29 is 9.00 Å². The molecule has 0 heterocycles. The number of benzene rings is 2. The van der Waals surface area contributed by atoms with Gasteiger partial charge in [0, 0.05) is 16.1 Å². The van der Waals surface area contributed by atoms with Crippen molar-refractivity contribution in [3.63, 3.8) is 0 Å². The predicted molar refractivity (Wildman–Crippen MR) is 94.9 cm³/mol. The number of nitrogens with one attached hydrogen (secondary N) is 2. The van der Waals surface area contributed by atoms with Gasteiger partial charge in [0.25, 0.3) is 0 Å². The summed E-state index contributed by atoms with van der Waals surface area (Å²) in [6, 6.07) is 16.5. The Morgan fingerprint density at radius 3 is 2.39 bits per heavy atom. The second-order valence-corrected chi connectivity index (χ2v) is 7.78. The van der Waals surface area contributed by atoms with Crippen molar-refractivity contribution in [1.29, 1.82) is 0 Å². The number of hydrogen-bond donors (Lipinski definition) is 2. The fraction of sp³-hybridized carbons (Fsp3) is 0.278. The lowest BCUT2D eigenvalue weighted by molar-refractivity contribution is 0.244. The fourth-order valence-corrected chi connectivity index (χ4v) is 3.16. The van der Waals surface area contributed by atoms with Crippen molar-refractivity contribution in [3.8, 4) is 0 Å². The average Bonchev–Trinajstić information content (AvgIpc) is 2.46. The third-order valence-corrected chi connectivity index (χ3v) is 4.37. The molecule has 0 aliphatic heterocycles. The first-order chi connectivity index (χ1) is 10.8. The van der Waals surface area contributed by atoms with Crippen LogP contribution < -0.4 is 10.6 Å². The smallest absolute Gasteiger partial charge is 0.319 e. The normalized spacial score (nSPS) is 12.5. The maximum Gasteiger partial charge on any atom is 0.319 e. The van der Waals surface area contributed by atoms with E-state index >= 15 is 0 Å². The molecule has 0 spiro atoms. The van der Waals surface area contributed by atoms with Gasteiger partial charge in [-0.15, -0.1) is 0 Å². The summed E-state index contributed by atoms with van der Waals surface area (Å²) < 4.78 is 12.3. The van der Waals surface area contributed by atoms with E-state index in [1.54, 1.807) is 0 Å². The highest BCUT2D eigenvalue weighted by Gasteiger charge is 2.13. The Kier molecular flexibility index (Phi) is 5.55. The molecule has 2 aromatic rings. The van der Waals surface area contributed by atoms with E-state index in [1.165, 1.54) is 0 Å². The Labute approximate surface area is 139 Å². The van der Waals surface area contributed by atoms with Crippen LogP contribution in [-0.2, 0) is 16.6 Å². The highest BCUT2D eigenvalue weighted by Crippen LogP contribution is 2.16. The third kappa shape index (κ3) is 5.87. The first-order valence-corrected chi connectivity index (χ1v) is 8.77. The summed E-state index contributed by atoms with van der Waals surface area (Å²) in [6.45, 7) is 5.77. The molecule has 2 rings (SSSR count). The molecule has 0 aliphatic carbocycles. The average molecular weight is 330 g/mol. The minimum atomic E-state index is -1.10. The van der Waals surface area contributed by atoms with Crippen LogP contribution in [0.15, 0.2) is 59.5 Å². The Balaban J connectivity index is 2.02. The minimum Gasteiger partial charge on any atom is -0.333 e. The molecule has 5 heteroatoms. The molecule has 0 saturated heterocycles. The highest BCUT2D eigenvalue weighted by molar-refractivity contribution is 7.84. The first-order valence-electron chi connectivity index (χ1n) is 7.45. The number of carbonyl (C=O) groups excluding carboxylic acids is 1. The molecule has 0 fully saturated rings. The molecule has 0 radical (unpaired) electrons. The summed E-state index contributed by atoms with van der Waals surface area (Å²) in [7, 11) is -1.10. The molecule has 2 amide bonds. The Morgan fingerprint density at radius 2 is 1.74 bits per heavy atom. The molecule has 4 nitrogen and oxygen atoms in total. The van der Waals surface area contributed by atoms with Crippen LogP contribution in [0.4, 0.5) is 10.5 Å². The van der Waals surface area contributed by atoms with Crippen molar-refractivity contribution in [2.75, 3.05) is 5.32 Å². The number of amides is 2. The van der Waals surface area contributed by atoms with Crippen LogP contribution in [0.1, 0.15) is 26.3 Å². The zero-order valence-corrected chi connectivity index (χ0v) is 14.4. The van der Waals surface area contributed by atoms with Gasteiger partial charge in [0.1, 0.15) is 0 Å². The van der Waals surface area contributed by atoms with Crippen LogP contribution in [0.3, 0.4) is 0 Å². The molecule has 0 aromatic heterocycles. The van der Waals surface area contributed by atoms with Gasteiger partial charge in [0.05, 0.1) is 16.6 Å². The molecule has 122 valence electrons. The Morgan fingerprint density at radius 1 is 1.04 bits per heavy atom. The monoisotopic (exact) mass is 330 g/mol. The number of hydrogen-bond acceptors (Lipinski definition) is 2. The lowest BCUT2D eigenvalue weighted by atomic mass is 10.1. The van der Waals surface area contributed by atoms with E-state index in [9.17, 15) is 9.00 Å². The number of carbonyl (C=O) groups is 1. The van der Waals surface area contributed by atoms with Gasteiger partial charge >= 0.3 is 6.03 Å². The lowest BCUT2D eigenvalue weighted by Crippen LogP contribution is -2.43. The zero-order valence-electron chi connectivity index (χ0n) is 13.6. The van der Waals surface area contributed by atoms with E-state index in [1.807, 2.05) is 75.4 Å². The molecular formula is C18H22N2O2S.